The van der Waals surface area contributed by atoms with Gasteiger partial charge in [-0.15, -0.1) is 0 Å². The number of aromatic nitrogens is 1. The number of nitrogens with one attached hydrogen (secondary N) is 1. The molecule has 1 N–H and O–H groups in total. The number of alkyl halides is 3. The largest absolute Gasteiger partial charge is 0.496 e. The highest BCUT2D eigenvalue weighted by molar-refractivity contribution is 7.93. The van der Waals surface area contributed by atoms with Gasteiger partial charge < -0.3 is 4.74 Å². The number of nitrogens with zero attached hydrogens (tertiary/aromatic N) is 1. The second-order valence-electron chi connectivity index (χ2n) is 5.35. The fourth-order valence-corrected chi connectivity index (χ4v) is 3.73. The van der Waals surface area contributed by atoms with E-state index in [2.05, 4.69) is 9.71 Å². The molecule has 1 heterocycles. The first kappa shape index (κ1) is 18.0. The molecule has 0 radical (unpaired) electrons. The van der Waals surface area contributed by atoms with Crippen LogP contribution in [-0.4, -0.2) is 20.5 Å². The van der Waals surface area contributed by atoms with Crippen LogP contribution in [0.25, 0.3) is 10.9 Å². The van der Waals surface area contributed by atoms with Crippen LogP contribution >= 0.6 is 0 Å². The smallest absolute Gasteiger partial charge is 0.420 e. The second-order valence-corrected chi connectivity index (χ2v) is 7.00. The molecular weight excluding hydrogens is 369 g/mol. The lowest BCUT2D eigenvalue weighted by Gasteiger charge is -2.15. The van der Waals surface area contributed by atoms with Crippen molar-refractivity contribution >= 4 is 26.6 Å². The highest BCUT2D eigenvalue weighted by Crippen LogP contribution is 2.38. The summed E-state index contributed by atoms with van der Waals surface area (Å²) in [6, 6.07) is 10.9. The summed E-state index contributed by atoms with van der Waals surface area (Å²) in [4.78, 5) is 3.93. The van der Waals surface area contributed by atoms with Crippen LogP contribution in [0, 0.1) is 0 Å². The molecule has 26 heavy (non-hydrogen) atoms. The summed E-state index contributed by atoms with van der Waals surface area (Å²) in [6.45, 7) is 0. The van der Waals surface area contributed by atoms with E-state index < -0.39 is 27.5 Å². The number of benzene rings is 2. The number of ether oxygens (including phenoxy) is 1. The minimum atomic E-state index is -4.69. The Morgan fingerprint density at radius 1 is 1.08 bits per heavy atom. The molecule has 0 saturated carbocycles. The predicted molar refractivity (Wildman–Crippen MR) is 90.5 cm³/mol. The Kier molecular flexibility index (Phi) is 4.49. The summed E-state index contributed by atoms with van der Waals surface area (Å²) in [6.07, 6.45) is -3.25. The van der Waals surface area contributed by atoms with E-state index >= 15 is 0 Å². The number of pyridine rings is 1. The van der Waals surface area contributed by atoms with Gasteiger partial charge >= 0.3 is 6.18 Å². The number of halogens is 3. The SMILES string of the molecule is COc1ccc(NS(=O)(=O)c2cccc3cccnc23)cc1C(F)(F)F. The lowest BCUT2D eigenvalue weighted by atomic mass is 10.1. The number of hydrogen-bond acceptors (Lipinski definition) is 4. The van der Waals surface area contributed by atoms with Gasteiger partial charge in [0.1, 0.15) is 10.6 Å². The third kappa shape index (κ3) is 3.43. The summed E-state index contributed by atoms with van der Waals surface area (Å²) in [5.41, 5.74) is -1.07. The topological polar surface area (TPSA) is 68.3 Å². The quantitative estimate of drug-likeness (QED) is 0.739. The Morgan fingerprint density at radius 2 is 1.81 bits per heavy atom. The standard InChI is InChI=1S/C17H13F3N2O3S/c1-25-14-8-7-12(10-13(14)17(18,19)20)22-26(23,24)15-6-2-4-11-5-3-9-21-16(11)15/h2-10,22H,1H3. The average Bonchev–Trinajstić information content (AvgIpc) is 2.60. The minimum absolute atomic E-state index is 0.125. The lowest BCUT2D eigenvalue weighted by Crippen LogP contribution is -2.15. The number of sulfonamides is 1. The zero-order valence-electron chi connectivity index (χ0n) is 13.4. The van der Waals surface area contributed by atoms with Crippen LogP contribution in [0.3, 0.4) is 0 Å². The molecule has 2 aromatic carbocycles. The van der Waals surface area contributed by atoms with Gasteiger partial charge in [-0.1, -0.05) is 18.2 Å². The van der Waals surface area contributed by atoms with Gasteiger partial charge in [0.15, 0.2) is 0 Å². The minimum Gasteiger partial charge on any atom is -0.496 e. The van der Waals surface area contributed by atoms with Gasteiger partial charge in [-0.25, -0.2) is 8.42 Å². The molecule has 9 heteroatoms. The first-order valence-electron chi connectivity index (χ1n) is 7.34. The highest BCUT2D eigenvalue weighted by Gasteiger charge is 2.35. The Balaban J connectivity index is 2.05. The van der Waals surface area contributed by atoms with Crippen LogP contribution in [0.15, 0.2) is 59.6 Å². The van der Waals surface area contributed by atoms with Gasteiger partial charge in [-0.2, -0.15) is 13.2 Å². The van der Waals surface area contributed by atoms with E-state index in [1.54, 1.807) is 18.2 Å². The van der Waals surface area contributed by atoms with E-state index in [1.807, 2.05) is 0 Å². The van der Waals surface area contributed by atoms with Gasteiger partial charge in [0.2, 0.25) is 0 Å². The Labute approximate surface area is 147 Å². The maximum atomic E-state index is 13.1. The average molecular weight is 382 g/mol. The van der Waals surface area contributed by atoms with Crippen molar-refractivity contribution in [2.45, 2.75) is 11.1 Å². The van der Waals surface area contributed by atoms with E-state index in [1.165, 1.54) is 24.4 Å². The summed E-state index contributed by atoms with van der Waals surface area (Å²) < 4.78 is 71.5. The van der Waals surface area contributed by atoms with Crippen molar-refractivity contribution in [3.8, 4) is 5.75 Å². The van der Waals surface area contributed by atoms with Crippen LogP contribution < -0.4 is 9.46 Å². The fourth-order valence-electron chi connectivity index (χ4n) is 2.50. The second kappa shape index (κ2) is 6.49. The molecule has 1 aromatic heterocycles. The summed E-state index contributed by atoms with van der Waals surface area (Å²) in [5.74, 6) is -0.396. The van der Waals surface area contributed by atoms with Crippen molar-refractivity contribution in [1.82, 2.24) is 4.98 Å². The first-order chi connectivity index (χ1) is 12.2. The molecule has 0 aliphatic rings. The Hall–Kier alpha value is -2.81. The molecule has 3 rings (SSSR count). The number of para-hydroxylation sites is 1. The predicted octanol–water partition coefficient (Wildman–Crippen LogP) is 4.06. The molecule has 0 aliphatic carbocycles. The van der Waals surface area contributed by atoms with Crippen LogP contribution in [0.5, 0.6) is 5.75 Å². The van der Waals surface area contributed by atoms with Gasteiger partial charge in [0, 0.05) is 17.3 Å². The fraction of sp³-hybridized carbons (Fsp3) is 0.118. The number of methoxy groups -OCH3 is 1. The van der Waals surface area contributed by atoms with Crippen molar-refractivity contribution in [2.75, 3.05) is 11.8 Å². The van der Waals surface area contributed by atoms with Crippen LogP contribution in [-0.2, 0) is 16.2 Å². The zero-order chi connectivity index (χ0) is 18.9. The molecular formula is C17H13F3N2O3S. The molecule has 0 bridgehead atoms. The summed E-state index contributed by atoms with van der Waals surface area (Å²) in [5, 5.41) is 0.598. The molecule has 3 aromatic rings. The lowest BCUT2D eigenvalue weighted by molar-refractivity contribution is -0.138. The molecule has 5 nitrogen and oxygen atoms in total. The normalized spacial score (nSPS) is 12.2. The molecule has 136 valence electrons. The molecule has 0 spiro atoms. The van der Waals surface area contributed by atoms with Crippen molar-refractivity contribution in [1.29, 1.82) is 0 Å². The number of anilines is 1. The molecule has 0 fully saturated rings. The third-order valence-electron chi connectivity index (χ3n) is 3.64. The van der Waals surface area contributed by atoms with Crippen molar-refractivity contribution < 1.29 is 26.3 Å². The van der Waals surface area contributed by atoms with Crippen LogP contribution in [0.4, 0.5) is 18.9 Å². The first-order valence-corrected chi connectivity index (χ1v) is 8.82. The summed E-state index contributed by atoms with van der Waals surface area (Å²) >= 11 is 0. The van der Waals surface area contributed by atoms with Gasteiger partial charge in [0.05, 0.1) is 18.2 Å². The third-order valence-corrected chi connectivity index (χ3v) is 5.06. The molecule has 0 amide bonds. The van der Waals surface area contributed by atoms with Crippen LogP contribution in [0.1, 0.15) is 5.56 Å². The van der Waals surface area contributed by atoms with E-state index in [-0.39, 0.29) is 16.1 Å². The molecule has 0 aliphatic heterocycles. The van der Waals surface area contributed by atoms with Gasteiger partial charge in [-0.3, -0.25) is 9.71 Å². The number of rotatable bonds is 4. The number of fused-ring (bicyclic) bond motifs is 1. The van der Waals surface area contributed by atoms with E-state index in [4.69, 9.17) is 4.74 Å². The molecule has 0 atom stereocenters. The highest BCUT2D eigenvalue weighted by atomic mass is 32.2. The van der Waals surface area contributed by atoms with Gasteiger partial charge in [-0.05, 0) is 30.3 Å². The Morgan fingerprint density at radius 3 is 2.50 bits per heavy atom. The maximum Gasteiger partial charge on any atom is 0.420 e. The van der Waals surface area contributed by atoms with Crippen molar-refractivity contribution in [3.05, 3.63) is 60.3 Å². The van der Waals surface area contributed by atoms with E-state index in [9.17, 15) is 21.6 Å². The van der Waals surface area contributed by atoms with Crippen molar-refractivity contribution in [3.63, 3.8) is 0 Å². The zero-order valence-corrected chi connectivity index (χ0v) is 14.2. The van der Waals surface area contributed by atoms with E-state index in [0.717, 1.165) is 13.2 Å². The van der Waals surface area contributed by atoms with Crippen molar-refractivity contribution in [2.24, 2.45) is 0 Å². The Bertz CT molecular complexity index is 1060. The van der Waals surface area contributed by atoms with Gasteiger partial charge in [0.25, 0.3) is 10.0 Å². The molecule has 0 unspecified atom stereocenters. The summed E-state index contributed by atoms with van der Waals surface area (Å²) in [7, 11) is -3.04. The monoisotopic (exact) mass is 382 g/mol. The van der Waals surface area contributed by atoms with E-state index in [0.29, 0.717) is 11.5 Å². The molecule has 0 saturated heterocycles. The number of hydrogen-bond donors (Lipinski definition) is 1. The maximum absolute atomic E-state index is 13.1. The van der Waals surface area contributed by atoms with Crippen LogP contribution in [0.2, 0.25) is 0 Å².